The van der Waals surface area contributed by atoms with E-state index in [-0.39, 0.29) is 12.0 Å². The molecule has 0 N–H and O–H groups in total. The van der Waals surface area contributed by atoms with Crippen molar-refractivity contribution in [3.05, 3.63) is 48.0 Å². The van der Waals surface area contributed by atoms with Gasteiger partial charge in [0.05, 0.1) is 12.2 Å². The zero-order valence-corrected chi connectivity index (χ0v) is 11.4. The summed E-state index contributed by atoms with van der Waals surface area (Å²) in [5, 5.41) is 9.36. The predicted octanol–water partition coefficient (Wildman–Crippen LogP) is 2.86. The minimum absolute atomic E-state index is 0.146. The highest BCUT2D eigenvalue weighted by Crippen LogP contribution is 2.24. The highest BCUT2D eigenvalue weighted by molar-refractivity contribution is 5.36. The number of imidazole rings is 1. The number of aromatic nitrogens is 2. The first-order valence-corrected chi connectivity index (χ1v) is 6.25. The Morgan fingerprint density at radius 2 is 1.95 bits per heavy atom. The fraction of sp³-hybridized carbons (Fsp3) is 0.333. The second-order valence-electron chi connectivity index (χ2n) is 4.69. The standard InChI is InChI=1S/C15H17N3O/c1-11(2)19-13-6-4-12(5-7-13)14(10-16)15-17-8-9-18(15)3/h4-9,11,14H,1-3H3. The molecule has 0 aliphatic heterocycles. The van der Waals surface area contributed by atoms with Gasteiger partial charge < -0.3 is 9.30 Å². The number of nitriles is 1. The molecule has 0 saturated heterocycles. The molecule has 1 atom stereocenters. The Kier molecular flexibility index (Phi) is 3.86. The molecule has 2 rings (SSSR count). The van der Waals surface area contributed by atoms with Gasteiger partial charge in [-0.05, 0) is 31.5 Å². The predicted molar refractivity (Wildman–Crippen MR) is 72.9 cm³/mol. The number of ether oxygens (including phenoxy) is 1. The molecule has 1 aromatic heterocycles. The number of nitrogens with zero attached hydrogens (tertiary/aromatic N) is 3. The monoisotopic (exact) mass is 255 g/mol. The molecule has 1 unspecified atom stereocenters. The molecule has 19 heavy (non-hydrogen) atoms. The minimum Gasteiger partial charge on any atom is -0.491 e. The molecule has 2 aromatic rings. The van der Waals surface area contributed by atoms with Crippen LogP contribution in [0.5, 0.6) is 5.75 Å². The highest BCUT2D eigenvalue weighted by atomic mass is 16.5. The van der Waals surface area contributed by atoms with Crippen LogP contribution in [0.2, 0.25) is 0 Å². The maximum Gasteiger partial charge on any atom is 0.130 e. The summed E-state index contributed by atoms with van der Waals surface area (Å²) < 4.78 is 7.46. The van der Waals surface area contributed by atoms with Gasteiger partial charge in [-0.2, -0.15) is 5.26 Å². The highest BCUT2D eigenvalue weighted by Gasteiger charge is 2.17. The van der Waals surface area contributed by atoms with E-state index >= 15 is 0 Å². The van der Waals surface area contributed by atoms with Crippen molar-refractivity contribution in [1.82, 2.24) is 9.55 Å². The second-order valence-corrected chi connectivity index (χ2v) is 4.69. The molecule has 0 bridgehead atoms. The van der Waals surface area contributed by atoms with Crippen LogP contribution in [-0.2, 0) is 7.05 Å². The molecule has 1 aromatic carbocycles. The second kappa shape index (κ2) is 5.57. The number of hydrogen-bond acceptors (Lipinski definition) is 3. The Balaban J connectivity index is 2.26. The summed E-state index contributed by atoms with van der Waals surface area (Å²) in [6.07, 6.45) is 3.69. The van der Waals surface area contributed by atoms with Crippen LogP contribution in [0.1, 0.15) is 31.2 Å². The van der Waals surface area contributed by atoms with Gasteiger partial charge in [0.25, 0.3) is 0 Å². The van der Waals surface area contributed by atoms with Crippen molar-refractivity contribution in [2.75, 3.05) is 0 Å². The maximum atomic E-state index is 9.36. The molecular formula is C15H17N3O. The van der Waals surface area contributed by atoms with Crippen LogP contribution in [0, 0.1) is 11.3 Å². The molecule has 0 spiro atoms. The summed E-state index contributed by atoms with van der Waals surface area (Å²) in [7, 11) is 1.89. The summed E-state index contributed by atoms with van der Waals surface area (Å²) in [5.74, 6) is 1.21. The van der Waals surface area contributed by atoms with Crippen LogP contribution in [0.3, 0.4) is 0 Å². The van der Waals surface area contributed by atoms with Crippen molar-refractivity contribution in [3.63, 3.8) is 0 Å². The van der Waals surface area contributed by atoms with Crippen LogP contribution >= 0.6 is 0 Å². The average Bonchev–Trinajstić information content (AvgIpc) is 2.78. The molecule has 98 valence electrons. The first-order chi connectivity index (χ1) is 9.11. The molecule has 0 amide bonds. The van der Waals surface area contributed by atoms with Gasteiger partial charge in [0.15, 0.2) is 0 Å². The van der Waals surface area contributed by atoms with Gasteiger partial charge in [-0.25, -0.2) is 4.98 Å². The molecule has 1 heterocycles. The first kappa shape index (κ1) is 13.2. The third kappa shape index (κ3) is 2.94. The Hall–Kier alpha value is -2.28. The summed E-state index contributed by atoms with van der Waals surface area (Å²) in [4.78, 5) is 4.24. The molecule has 0 saturated carbocycles. The fourth-order valence-electron chi connectivity index (χ4n) is 1.95. The van der Waals surface area contributed by atoms with Crippen molar-refractivity contribution in [2.24, 2.45) is 7.05 Å². The molecule has 4 nitrogen and oxygen atoms in total. The maximum absolute atomic E-state index is 9.36. The molecule has 0 aliphatic rings. The zero-order chi connectivity index (χ0) is 13.8. The van der Waals surface area contributed by atoms with Crippen LogP contribution < -0.4 is 4.74 Å². The van der Waals surface area contributed by atoms with E-state index in [1.165, 1.54) is 0 Å². The average molecular weight is 255 g/mol. The van der Waals surface area contributed by atoms with Gasteiger partial charge >= 0.3 is 0 Å². The van der Waals surface area contributed by atoms with Gasteiger partial charge in [0.1, 0.15) is 17.5 Å². The van der Waals surface area contributed by atoms with Gasteiger partial charge in [0.2, 0.25) is 0 Å². The van der Waals surface area contributed by atoms with E-state index in [0.717, 1.165) is 17.1 Å². The van der Waals surface area contributed by atoms with Crippen LogP contribution in [0.25, 0.3) is 0 Å². The molecule has 0 fully saturated rings. The van der Waals surface area contributed by atoms with Gasteiger partial charge in [0, 0.05) is 19.4 Å². The van der Waals surface area contributed by atoms with Crippen LogP contribution in [-0.4, -0.2) is 15.7 Å². The Bertz CT molecular complexity index is 578. The first-order valence-electron chi connectivity index (χ1n) is 6.25. The van der Waals surface area contributed by atoms with Crippen LogP contribution in [0.15, 0.2) is 36.7 Å². The minimum atomic E-state index is -0.354. The quantitative estimate of drug-likeness (QED) is 0.844. The van der Waals surface area contributed by atoms with Crippen molar-refractivity contribution < 1.29 is 4.74 Å². The Morgan fingerprint density at radius 3 is 2.42 bits per heavy atom. The van der Waals surface area contributed by atoms with Crippen molar-refractivity contribution in [3.8, 4) is 11.8 Å². The topological polar surface area (TPSA) is 50.8 Å². The zero-order valence-electron chi connectivity index (χ0n) is 11.4. The Labute approximate surface area is 113 Å². The number of hydrogen-bond donors (Lipinski definition) is 0. The third-order valence-corrected chi connectivity index (χ3v) is 2.83. The third-order valence-electron chi connectivity index (χ3n) is 2.83. The number of benzene rings is 1. The lowest BCUT2D eigenvalue weighted by molar-refractivity contribution is 0.242. The van der Waals surface area contributed by atoms with Crippen molar-refractivity contribution >= 4 is 0 Å². The fourth-order valence-corrected chi connectivity index (χ4v) is 1.95. The molecule has 0 radical (unpaired) electrons. The summed E-state index contributed by atoms with van der Waals surface area (Å²) >= 11 is 0. The summed E-state index contributed by atoms with van der Waals surface area (Å²) in [6, 6.07) is 9.91. The lowest BCUT2D eigenvalue weighted by Gasteiger charge is -2.12. The van der Waals surface area contributed by atoms with E-state index in [1.54, 1.807) is 6.20 Å². The number of rotatable bonds is 4. The van der Waals surface area contributed by atoms with E-state index in [2.05, 4.69) is 11.1 Å². The lowest BCUT2D eigenvalue weighted by Crippen LogP contribution is -2.07. The van der Waals surface area contributed by atoms with Crippen molar-refractivity contribution in [2.45, 2.75) is 25.9 Å². The van der Waals surface area contributed by atoms with E-state index < -0.39 is 0 Å². The summed E-state index contributed by atoms with van der Waals surface area (Å²) in [5.41, 5.74) is 0.924. The summed E-state index contributed by atoms with van der Waals surface area (Å²) in [6.45, 7) is 3.97. The van der Waals surface area contributed by atoms with Gasteiger partial charge in [-0.3, -0.25) is 0 Å². The molecule has 4 heteroatoms. The molecule has 0 aliphatic carbocycles. The van der Waals surface area contributed by atoms with E-state index in [9.17, 15) is 5.26 Å². The van der Waals surface area contributed by atoms with Gasteiger partial charge in [-0.15, -0.1) is 0 Å². The SMILES string of the molecule is CC(C)Oc1ccc(C(C#N)c2nccn2C)cc1. The van der Waals surface area contributed by atoms with E-state index in [4.69, 9.17) is 4.74 Å². The van der Waals surface area contributed by atoms with Crippen molar-refractivity contribution in [1.29, 1.82) is 5.26 Å². The normalized spacial score (nSPS) is 12.2. The van der Waals surface area contributed by atoms with Gasteiger partial charge in [-0.1, -0.05) is 12.1 Å². The lowest BCUT2D eigenvalue weighted by atomic mass is 10.00. The molecular weight excluding hydrogens is 238 g/mol. The smallest absolute Gasteiger partial charge is 0.130 e. The van der Waals surface area contributed by atoms with E-state index in [1.807, 2.05) is 55.9 Å². The largest absolute Gasteiger partial charge is 0.491 e. The number of aryl methyl sites for hydroxylation is 1. The Morgan fingerprint density at radius 1 is 1.26 bits per heavy atom. The van der Waals surface area contributed by atoms with Crippen LogP contribution in [0.4, 0.5) is 0 Å². The van der Waals surface area contributed by atoms with E-state index in [0.29, 0.717) is 0 Å².